The summed E-state index contributed by atoms with van der Waals surface area (Å²) in [5, 5.41) is 28.9. The SMILES string of the molecule is COc1cc(NC(=O)[C@H](CCCNC(N)=O)NC(=O)[C@@H](NC(=O)CCCCCOC(=O)C(CBr)CBr)C(C)C)ccc1NC(=O)O[C@H]1CC(=O)N(C)c2cc(cc(OC)c2Cl)C/C(C)=C/C=C/[C@@H](OC)[C@@]2(O)C[C@H](OC(=O)N2)[C@@H](C)[C@@H]2O[C@@]12C. The predicted octanol–water partition coefficient (Wildman–Crippen LogP) is 6.90. The number of esters is 1. The fraction of sp³-hybridized carbons (Fsp3) is 0.579. The fourth-order valence-electron chi connectivity index (χ4n) is 9.83. The number of urea groups is 1. The zero-order chi connectivity index (χ0) is 62.1. The zero-order valence-corrected chi connectivity index (χ0v) is 52.7. The molecule has 24 nitrogen and oxygen atoms in total. The Hall–Kier alpha value is -6.19. The van der Waals surface area contributed by atoms with E-state index in [0.29, 0.717) is 47.8 Å². The number of alkyl carbamates (subject to hydrolysis) is 1. The molecule has 2 aromatic rings. The van der Waals surface area contributed by atoms with E-state index in [4.69, 9.17) is 50.5 Å². The van der Waals surface area contributed by atoms with Gasteiger partial charge in [-0.3, -0.25) is 34.6 Å². The van der Waals surface area contributed by atoms with Gasteiger partial charge in [-0.1, -0.05) is 88.0 Å². The number of alkyl halides is 2. The fourth-order valence-corrected chi connectivity index (χ4v) is 11.7. The molecule has 84 heavy (non-hydrogen) atoms. The van der Waals surface area contributed by atoms with Gasteiger partial charge in [-0.05, 0) is 88.1 Å². The molecule has 464 valence electrons. The van der Waals surface area contributed by atoms with Crippen molar-refractivity contribution in [1.82, 2.24) is 21.3 Å². The molecule has 3 aliphatic heterocycles. The molecule has 0 aromatic heterocycles. The molecule has 27 heteroatoms. The van der Waals surface area contributed by atoms with Gasteiger partial charge in [-0.25, -0.2) is 14.4 Å². The van der Waals surface area contributed by atoms with Crippen LogP contribution in [0, 0.1) is 17.8 Å². The number of rotatable bonds is 24. The van der Waals surface area contributed by atoms with Gasteiger partial charge in [0.2, 0.25) is 23.6 Å². The Morgan fingerprint density at radius 2 is 1.68 bits per heavy atom. The first-order valence-corrected chi connectivity index (χ1v) is 30.2. The number of amides is 8. The molecule has 0 aliphatic carbocycles. The van der Waals surface area contributed by atoms with E-state index < -0.39 is 96.1 Å². The largest absolute Gasteiger partial charge is 0.495 e. The normalized spacial score (nSPS) is 24.1. The van der Waals surface area contributed by atoms with Crippen molar-refractivity contribution >= 4 is 108 Å². The Labute approximate surface area is 511 Å². The molecule has 2 aromatic carbocycles. The van der Waals surface area contributed by atoms with Crippen molar-refractivity contribution in [2.24, 2.45) is 23.5 Å². The quantitative estimate of drug-likeness (QED) is 0.0174. The van der Waals surface area contributed by atoms with Crippen LogP contribution in [0.1, 0.15) is 91.5 Å². The van der Waals surface area contributed by atoms with Crippen LogP contribution in [0.4, 0.5) is 31.4 Å². The van der Waals surface area contributed by atoms with Crippen molar-refractivity contribution in [2.75, 3.05) is 67.7 Å². The number of nitrogens with zero attached hydrogens (tertiary/aromatic N) is 1. The number of carbonyl (C=O) groups excluding carboxylic acids is 8. The van der Waals surface area contributed by atoms with Crippen molar-refractivity contribution in [2.45, 2.75) is 140 Å². The molecule has 8 amide bonds. The van der Waals surface area contributed by atoms with Gasteiger partial charge in [-0.15, -0.1) is 0 Å². The van der Waals surface area contributed by atoms with Crippen LogP contribution >= 0.6 is 43.5 Å². The number of benzene rings is 2. The first kappa shape index (κ1) is 68.6. The predicted molar refractivity (Wildman–Crippen MR) is 320 cm³/mol. The molecular weight excluding hydrogens is 1250 g/mol. The van der Waals surface area contributed by atoms with Gasteiger partial charge in [0.1, 0.15) is 52.5 Å². The minimum Gasteiger partial charge on any atom is -0.495 e. The number of primary amides is 1. The molecule has 0 spiro atoms. The number of methoxy groups -OCH3 is 3. The van der Waals surface area contributed by atoms with E-state index in [1.54, 1.807) is 52.0 Å². The van der Waals surface area contributed by atoms with Crippen LogP contribution in [0.25, 0.3) is 0 Å². The third-order valence-corrected chi connectivity index (χ3v) is 16.7. The summed E-state index contributed by atoms with van der Waals surface area (Å²) in [5.74, 6) is -3.46. The Balaban J connectivity index is 1.33. The summed E-state index contributed by atoms with van der Waals surface area (Å²) >= 11 is 13.4. The molecule has 9 atom stereocenters. The molecule has 5 rings (SSSR count). The molecule has 3 heterocycles. The molecule has 0 saturated carbocycles. The number of epoxide rings is 1. The number of carbonyl (C=O) groups is 8. The summed E-state index contributed by atoms with van der Waals surface area (Å²) in [6.07, 6.45) is 1.04. The second-order valence-corrected chi connectivity index (χ2v) is 23.2. The van der Waals surface area contributed by atoms with Gasteiger partial charge in [0.15, 0.2) is 5.72 Å². The van der Waals surface area contributed by atoms with Gasteiger partial charge < -0.3 is 70.2 Å². The number of allylic oxidation sites excluding steroid dienone is 3. The molecule has 4 bridgehead atoms. The number of nitrogens with two attached hydrogens (primary N) is 1. The summed E-state index contributed by atoms with van der Waals surface area (Å²) in [6.45, 7) is 9.10. The standard InChI is InChI=1S/C57H79Br2ClN8O16/c1-31(2)48(66-45(69)18-11-10-12-22-81-52(73)35(29-58)30-59)51(72)64-38(16-14-21-62-53(61)74)50(71)63-36-19-20-37(40(26-36)78-7)65-54(75)83-44-27-46(70)68(6)39-24-34(25-41(79-8)47(39)60)23-32(3)15-13-17-43(80-9)57(77)28-42(82-55(76)67-57)33(4)49-56(44,5)84-49/h13,15,17,19-20,24-26,31,33,35,38,42-44,48-49,77H,10-12,14,16,18,21-23,27-30H2,1-9H3,(H,63,71)(H,64,72)(H,65,75)(H,66,69)(H,67,76)(H3,61,62,74)/b17-13+,32-15+/t33-,38+,42+,43-,44+,48+,49+,56+,57+/m1/s1. The molecule has 9 N–H and O–H groups in total. The van der Waals surface area contributed by atoms with Crippen molar-refractivity contribution in [1.29, 1.82) is 0 Å². The van der Waals surface area contributed by atoms with E-state index in [9.17, 15) is 43.5 Å². The van der Waals surface area contributed by atoms with E-state index in [2.05, 4.69) is 63.8 Å². The number of nitrogens with one attached hydrogen (secondary N) is 6. The lowest BCUT2D eigenvalue weighted by molar-refractivity contribution is -0.147. The van der Waals surface area contributed by atoms with Gasteiger partial charge in [0.05, 0.1) is 50.6 Å². The molecular formula is C57H79Br2ClN8O16. The number of hydrogen-bond acceptors (Lipinski definition) is 16. The van der Waals surface area contributed by atoms with E-state index >= 15 is 0 Å². The van der Waals surface area contributed by atoms with E-state index in [1.165, 1.54) is 51.5 Å². The number of unbranched alkanes of at least 4 members (excludes halogenated alkanes) is 2. The summed E-state index contributed by atoms with van der Waals surface area (Å²) in [4.78, 5) is 108. The van der Waals surface area contributed by atoms with E-state index in [-0.39, 0.29) is 84.7 Å². The highest BCUT2D eigenvalue weighted by molar-refractivity contribution is 9.09. The van der Waals surface area contributed by atoms with Crippen molar-refractivity contribution in [3.8, 4) is 11.5 Å². The minimum absolute atomic E-state index is 0.0412. The van der Waals surface area contributed by atoms with E-state index in [0.717, 1.165) is 11.1 Å². The highest BCUT2D eigenvalue weighted by Crippen LogP contribution is 2.49. The lowest BCUT2D eigenvalue weighted by Crippen LogP contribution is -2.63. The topological polar surface area (TPSA) is 326 Å². The highest BCUT2D eigenvalue weighted by Gasteiger charge is 2.64. The van der Waals surface area contributed by atoms with Crippen LogP contribution in [0.3, 0.4) is 0 Å². The second-order valence-electron chi connectivity index (χ2n) is 21.5. The van der Waals surface area contributed by atoms with Crippen LogP contribution in [0.2, 0.25) is 5.02 Å². The zero-order valence-electron chi connectivity index (χ0n) is 48.7. The van der Waals surface area contributed by atoms with Gasteiger partial charge in [-0.2, -0.15) is 0 Å². The third kappa shape index (κ3) is 18.9. The van der Waals surface area contributed by atoms with Crippen molar-refractivity contribution in [3.05, 3.63) is 64.7 Å². The Bertz CT molecular complexity index is 2750. The average molecular weight is 1330 g/mol. The first-order chi connectivity index (χ1) is 39.8. The van der Waals surface area contributed by atoms with Crippen LogP contribution < -0.4 is 52.0 Å². The number of fused-ring (bicyclic) bond motifs is 5. The maximum absolute atomic E-state index is 14.5. The summed E-state index contributed by atoms with van der Waals surface area (Å²) in [7, 11) is 5.72. The van der Waals surface area contributed by atoms with Gasteiger partial charge in [0, 0.05) is 61.9 Å². The number of ether oxygens (including phenoxy) is 7. The third-order valence-electron chi connectivity index (χ3n) is 14.8. The molecule has 2 fully saturated rings. The lowest BCUT2D eigenvalue weighted by Gasteiger charge is -2.42. The van der Waals surface area contributed by atoms with Gasteiger partial charge in [0.25, 0.3) is 0 Å². The lowest BCUT2D eigenvalue weighted by atomic mass is 9.83. The molecule has 2 saturated heterocycles. The minimum atomic E-state index is -1.91. The monoisotopic (exact) mass is 1320 g/mol. The maximum Gasteiger partial charge on any atom is 0.412 e. The van der Waals surface area contributed by atoms with Crippen molar-refractivity contribution < 1.29 is 76.6 Å². The number of anilines is 3. The second kappa shape index (κ2) is 31.8. The number of halogens is 3. The maximum atomic E-state index is 14.5. The van der Waals surface area contributed by atoms with Crippen LogP contribution in [-0.4, -0.2) is 153 Å². The highest BCUT2D eigenvalue weighted by atomic mass is 79.9. The molecule has 3 aliphatic rings. The number of aliphatic hydroxyl groups is 1. The summed E-state index contributed by atoms with van der Waals surface area (Å²) in [5.41, 5.74) is 4.22. The van der Waals surface area contributed by atoms with Crippen LogP contribution in [0.15, 0.2) is 54.1 Å². The van der Waals surface area contributed by atoms with Crippen molar-refractivity contribution in [3.63, 3.8) is 0 Å². The Kier molecular flexibility index (Phi) is 26.0. The smallest absolute Gasteiger partial charge is 0.412 e. The van der Waals surface area contributed by atoms with Gasteiger partial charge >= 0.3 is 24.2 Å². The van der Waals surface area contributed by atoms with E-state index in [1.807, 2.05) is 13.0 Å². The number of hydrogen-bond donors (Lipinski definition) is 8. The van der Waals surface area contributed by atoms with Crippen LogP contribution in [0.5, 0.6) is 11.5 Å². The summed E-state index contributed by atoms with van der Waals surface area (Å²) in [6, 6.07) is 4.85. The Morgan fingerprint density at radius 3 is 2.33 bits per heavy atom. The summed E-state index contributed by atoms with van der Waals surface area (Å²) < 4.78 is 40.4. The molecule has 0 unspecified atom stereocenters. The van der Waals surface area contributed by atoms with Crippen LogP contribution in [-0.2, 0) is 54.1 Å². The average Bonchev–Trinajstić information content (AvgIpc) is 4.34. The first-order valence-electron chi connectivity index (χ1n) is 27.6. The Morgan fingerprint density at radius 1 is 0.964 bits per heavy atom. The molecule has 0 radical (unpaired) electrons.